The minimum atomic E-state index is -0.384. The lowest BCUT2D eigenvalue weighted by molar-refractivity contribution is -0.121. The first kappa shape index (κ1) is 18.2. The van der Waals surface area contributed by atoms with Gasteiger partial charge >= 0.3 is 0 Å². The van der Waals surface area contributed by atoms with Crippen LogP contribution < -0.4 is 10.9 Å². The van der Waals surface area contributed by atoms with Crippen molar-refractivity contribution >= 4 is 5.91 Å². The van der Waals surface area contributed by atoms with Crippen molar-refractivity contribution in [3.63, 3.8) is 0 Å². The Morgan fingerprint density at radius 3 is 2.14 bits per heavy atom. The van der Waals surface area contributed by atoms with Crippen molar-refractivity contribution in [1.82, 2.24) is 15.1 Å². The molecule has 0 bridgehead atoms. The van der Waals surface area contributed by atoms with E-state index in [0.717, 1.165) is 29.7 Å². The van der Waals surface area contributed by atoms with Crippen molar-refractivity contribution in [2.45, 2.75) is 31.2 Å². The third-order valence-corrected chi connectivity index (χ3v) is 5.03. The molecule has 4 rings (SSSR count). The summed E-state index contributed by atoms with van der Waals surface area (Å²) in [6.45, 7) is 0.720. The molecule has 1 aromatic heterocycles. The largest absolute Gasteiger partial charge is 0.353 e. The number of hydrogen-bond donors (Lipinski definition) is 1. The smallest absolute Gasteiger partial charge is 0.266 e. The Bertz CT molecular complexity index is 956. The molecule has 0 saturated heterocycles. The molecule has 0 radical (unpaired) electrons. The molecule has 1 aliphatic carbocycles. The average molecular weight is 373 g/mol. The highest BCUT2D eigenvalue weighted by molar-refractivity contribution is 5.87. The normalized spacial score (nSPS) is 13.5. The van der Waals surface area contributed by atoms with Crippen LogP contribution in [0.25, 0.3) is 0 Å². The first-order chi connectivity index (χ1) is 13.7. The second-order valence-electron chi connectivity index (χ2n) is 7.14. The zero-order chi connectivity index (χ0) is 19.3. The van der Waals surface area contributed by atoms with Gasteiger partial charge in [-0.2, -0.15) is 5.10 Å². The predicted octanol–water partition coefficient (Wildman–Crippen LogP) is 3.07. The standard InChI is InChI=1S/C23H23N3O2/c27-21-14-13-20(17-11-12-17)25-26(21)16-15-24-23(28)22(18-7-3-1-4-8-18)19-9-5-2-6-10-19/h1-10,13-14,17,22H,11-12,15-16H2,(H,24,28). The van der Waals surface area contributed by atoms with Gasteiger partial charge in [0.05, 0.1) is 18.2 Å². The number of hydrogen-bond acceptors (Lipinski definition) is 3. The number of benzene rings is 2. The topological polar surface area (TPSA) is 64.0 Å². The second-order valence-corrected chi connectivity index (χ2v) is 7.14. The van der Waals surface area contributed by atoms with Crippen LogP contribution in [0.4, 0.5) is 0 Å². The lowest BCUT2D eigenvalue weighted by Crippen LogP contribution is -2.35. The number of carbonyl (C=O) groups is 1. The molecule has 2 aromatic carbocycles. The molecule has 5 nitrogen and oxygen atoms in total. The fraction of sp³-hybridized carbons (Fsp3) is 0.261. The van der Waals surface area contributed by atoms with Gasteiger partial charge in [0.15, 0.2) is 0 Å². The highest BCUT2D eigenvalue weighted by Crippen LogP contribution is 2.38. The van der Waals surface area contributed by atoms with E-state index < -0.39 is 0 Å². The van der Waals surface area contributed by atoms with Crippen molar-refractivity contribution < 1.29 is 4.79 Å². The van der Waals surface area contributed by atoms with E-state index >= 15 is 0 Å². The number of nitrogens with zero attached hydrogens (tertiary/aromatic N) is 2. The first-order valence-corrected chi connectivity index (χ1v) is 9.68. The van der Waals surface area contributed by atoms with Gasteiger partial charge in [0.1, 0.15) is 0 Å². The highest BCUT2D eigenvalue weighted by atomic mass is 16.2. The van der Waals surface area contributed by atoms with E-state index in [1.807, 2.05) is 66.7 Å². The SMILES string of the molecule is O=C(NCCn1nc(C2CC2)ccc1=O)C(c1ccccc1)c1ccccc1. The number of nitrogens with one attached hydrogen (secondary N) is 1. The Labute approximate surface area is 164 Å². The number of carbonyl (C=O) groups excluding carboxylic acids is 1. The Morgan fingerprint density at radius 2 is 1.57 bits per heavy atom. The maximum absolute atomic E-state index is 13.0. The van der Waals surface area contributed by atoms with Gasteiger partial charge in [0, 0.05) is 18.5 Å². The number of amides is 1. The maximum atomic E-state index is 13.0. The van der Waals surface area contributed by atoms with Gasteiger partial charge in [-0.05, 0) is 30.0 Å². The van der Waals surface area contributed by atoms with Crippen LogP contribution in [0, 0.1) is 0 Å². The van der Waals surface area contributed by atoms with E-state index in [1.165, 1.54) is 4.68 Å². The first-order valence-electron chi connectivity index (χ1n) is 9.68. The Balaban J connectivity index is 1.47. The van der Waals surface area contributed by atoms with Gasteiger partial charge in [-0.25, -0.2) is 4.68 Å². The summed E-state index contributed by atoms with van der Waals surface area (Å²) in [5.41, 5.74) is 2.72. The molecule has 1 saturated carbocycles. The second kappa shape index (κ2) is 8.21. The predicted molar refractivity (Wildman–Crippen MR) is 108 cm³/mol. The molecule has 0 unspecified atom stereocenters. The van der Waals surface area contributed by atoms with Crippen LogP contribution in [-0.2, 0) is 11.3 Å². The molecular weight excluding hydrogens is 350 g/mol. The van der Waals surface area contributed by atoms with E-state index in [4.69, 9.17) is 0 Å². The summed E-state index contributed by atoms with van der Waals surface area (Å²) in [6.07, 6.45) is 2.27. The van der Waals surface area contributed by atoms with Gasteiger partial charge in [0.2, 0.25) is 5.91 Å². The third kappa shape index (κ3) is 4.19. The maximum Gasteiger partial charge on any atom is 0.266 e. The summed E-state index contributed by atoms with van der Waals surface area (Å²) in [7, 11) is 0. The van der Waals surface area contributed by atoms with Gasteiger partial charge in [0.25, 0.3) is 5.56 Å². The van der Waals surface area contributed by atoms with Crippen LogP contribution in [0.5, 0.6) is 0 Å². The van der Waals surface area contributed by atoms with E-state index in [-0.39, 0.29) is 17.4 Å². The van der Waals surface area contributed by atoms with Crippen molar-refractivity contribution in [2.75, 3.05) is 6.54 Å². The summed E-state index contributed by atoms with van der Waals surface area (Å²) >= 11 is 0. The summed E-state index contributed by atoms with van der Waals surface area (Å²) in [6, 6.07) is 22.8. The van der Waals surface area contributed by atoms with E-state index in [0.29, 0.717) is 19.0 Å². The Hall–Kier alpha value is -3.21. The molecule has 1 heterocycles. The van der Waals surface area contributed by atoms with Crippen molar-refractivity contribution in [3.05, 3.63) is 100.0 Å². The van der Waals surface area contributed by atoms with Crippen molar-refractivity contribution in [1.29, 1.82) is 0 Å². The van der Waals surface area contributed by atoms with Gasteiger partial charge < -0.3 is 5.32 Å². The van der Waals surface area contributed by atoms with Crippen LogP contribution in [0.2, 0.25) is 0 Å². The van der Waals surface area contributed by atoms with Gasteiger partial charge in [-0.15, -0.1) is 0 Å². The molecule has 3 aromatic rings. The Morgan fingerprint density at radius 1 is 0.964 bits per heavy atom. The fourth-order valence-electron chi connectivity index (χ4n) is 3.39. The monoisotopic (exact) mass is 373 g/mol. The summed E-state index contributed by atoms with van der Waals surface area (Å²) in [5, 5.41) is 7.43. The quantitative estimate of drug-likeness (QED) is 0.692. The third-order valence-electron chi connectivity index (χ3n) is 5.03. The fourth-order valence-corrected chi connectivity index (χ4v) is 3.39. The summed E-state index contributed by atoms with van der Waals surface area (Å²) in [4.78, 5) is 25.0. The summed E-state index contributed by atoms with van der Waals surface area (Å²) < 4.78 is 1.45. The lowest BCUT2D eigenvalue weighted by atomic mass is 9.90. The van der Waals surface area contributed by atoms with E-state index in [2.05, 4.69) is 10.4 Å². The van der Waals surface area contributed by atoms with Crippen molar-refractivity contribution in [3.8, 4) is 0 Å². The summed E-state index contributed by atoms with van der Waals surface area (Å²) in [5.74, 6) is 0.0238. The van der Waals surface area contributed by atoms with E-state index in [1.54, 1.807) is 6.07 Å². The molecule has 0 atom stereocenters. The molecular formula is C23H23N3O2. The Kier molecular flexibility index (Phi) is 5.33. The molecule has 1 aliphatic rings. The number of rotatable bonds is 7. The van der Waals surface area contributed by atoms with Gasteiger partial charge in [-0.3, -0.25) is 9.59 Å². The zero-order valence-electron chi connectivity index (χ0n) is 15.6. The average Bonchev–Trinajstić information content (AvgIpc) is 3.57. The van der Waals surface area contributed by atoms with Gasteiger partial charge in [-0.1, -0.05) is 60.7 Å². The van der Waals surface area contributed by atoms with Crippen molar-refractivity contribution in [2.24, 2.45) is 0 Å². The molecule has 1 N–H and O–H groups in total. The molecule has 1 amide bonds. The molecule has 1 fully saturated rings. The molecule has 0 spiro atoms. The highest BCUT2D eigenvalue weighted by Gasteiger charge is 2.26. The molecule has 0 aliphatic heterocycles. The van der Waals surface area contributed by atoms with Crippen LogP contribution in [-0.4, -0.2) is 22.2 Å². The van der Waals surface area contributed by atoms with Crippen LogP contribution >= 0.6 is 0 Å². The minimum Gasteiger partial charge on any atom is -0.353 e. The number of aromatic nitrogens is 2. The molecule has 5 heteroatoms. The lowest BCUT2D eigenvalue weighted by Gasteiger charge is -2.18. The van der Waals surface area contributed by atoms with Crippen LogP contribution in [0.1, 0.15) is 41.5 Å². The zero-order valence-corrected chi connectivity index (χ0v) is 15.6. The molecule has 142 valence electrons. The van der Waals surface area contributed by atoms with Crippen LogP contribution in [0.3, 0.4) is 0 Å². The van der Waals surface area contributed by atoms with Crippen LogP contribution in [0.15, 0.2) is 77.6 Å². The minimum absolute atomic E-state index is 0.0798. The molecule has 28 heavy (non-hydrogen) atoms. The van der Waals surface area contributed by atoms with E-state index in [9.17, 15) is 9.59 Å².